The Hall–Kier alpha value is -3.58. The lowest BCUT2D eigenvalue weighted by Crippen LogP contribution is -2.28. The van der Waals surface area contributed by atoms with Crippen LogP contribution in [0.4, 0.5) is 17.3 Å². The van der Waals surface area contributed by atoms with Gasteiger partial charge in [0.05, 0.1) is 18.5 Å². The first-order valence-corrected chi connectivity index (χ1v) is 10.6. The Kier molecular flexibility index (Phi) is 6.28. The summed E-state index contributed by atoms with van der Waals surface area (Å²) in [5, 5.41) is 4.49. The van der Waals surface area contributed by atoms with Crippen molar-refractivity contribution in [3.63, 3.8) is 0 Å². The van der Waals surface area contributed by atoms with E-state index in [1.165, 1.54) is 10.9 Å². The molecule has 0 saturated heterocycles. The van der Waals surface area contributed by atoms with Crippen LogP contribution in [-0.4, -0.2) is 60.8 Å². The molecule has 0 fully saturated rings. The molecule has 0 bridgehead atoms. The summed E-state index contributed by atoms with van der Waals surface area (Å²) in [5.41, 5.74) is 5.05. The highest BCUT2D eigenvalue weighted by Crippen LogP contribution is 2.32. The summed E-state index contributed by atoms with van der Waals surface area (Å²) < 4.78 is 7.77. The molecule has 166 valence electrons. The number of nitrogens with one attached hydrogen (secondary N) is 1. The SMILES string of the molecule is COc1cc(N(C)CCN(C)C)ccc1Nc1nccc(-c2cn(C)c3ccccc23)n1. The van der Waals surface area contributed by atoms with Crippen LogP contribution in [0.1, 0.15) is 0 Å². The van der Waals surface area contributed by atoms with Crippen molar-refractivity contribution in [3.8, 4) is 17.0 Å². The first-order valence-electron chi connectivity index (χ1n) is 10.6. The molecule has 4 rings (SSSR count). The average Bonchev–Trinajstić information content (AvgIpc) is 3.14. The molecule has 2 aromatic carbocycles. The summed E-state index contributed by atoms with van der Waals surface area (Å²) >= 11 is 0. The van der Waals surface area contributed by atoms with Crippen LogP contribution in [0.2, 0.25) is 0 Å². The Morgan fingerprint density at radius 1 is 1.03 bits per heavy atom. The van der Waals surface area contributed by atoms with E-state index in [1.54, 1.807) is 13.3 Å². The van der Waals surface area contributed by atoms with Gasteiger partial charge in [0.25, 0.3) is 0 Å². The van der Waals surface area contributed by atoms with Crippen molar-refractivity contribution in [2.75, 3.05) is 51.6 Å². The largest absolute Gasteiger partial charge is 0.494 e. The highest BCUT2D eigenvalue weighted by molar-refractivity contribution is 5.95. The fourth-order valence-corrected chi connectivity index (χ4v) is 3.73. The molecular formula is C25H30N6O. The summed E-state index contributed by atoms with van der Waals surface area (Å²) in [4.78, 5) is 13.6. The lowest BCUT2D eigenvalue weighted by atomic mass is 10.1. The molecule has 0 radical (unpaired) electrons. The van der Waals surface area contributed by atoms with E-state index in [2.05, 4.69) is 70.2 Å². The Morgan fingerprint density at radius 2 is 1.84 bits per heavy atom. The van der Waals surface area contributed by atoms with Crippen LogP contribution in [-0.2, 0) is 7.05 Å². The molecule has 0 atom stereocenters. The molecule has 2 aromatic heterocycles. The molecule has 0 amide bonds. The molecule has 0 unspecified atom stereocenters. The minimum Gasteiger partial charge on any atom is -0.494 e. The van der Waals surface area contributed by atoms with Crippen LogP contribution in [0.3, 0.4) is 0 Å². The van der Waals surface area contributed by atoms with Crippen LogP contribution >= 0.6 is 0 Å². The topological polar surface area (TPSA) is 58.5 Å². The number of para-hydroxylation sites is 1. The smallest absolute Gasteiger partial charge is 0.227 e. The van der Waals surface area contributed by atoms with E-state index in [1.807, 2.05) is 37.4 Å². The number of methoxy groups -OCH3 is 1. The zero-order valence-corrected chi connectivity index (χ0v) is 19.3. The zero-order chi connectivity index (χ0) is 22.7. The maximum absolute atomic E-state index is 5.65. The van der Waals surface area contributed by atoms with E-state index >= 15 is 0 Å². The van der Waals surface area contributed by atoms with Crippen molar-refractivity contribution in [1.29, 1.82) is 0 Å². The van der Waals surface area contributed by atoms with Crippen LogP contribution in [0.5, 0.6) is 5.75 Å². The number of anilines is 3. The summed E-state index contributed by atoms with van der Waals surface area (Å²) in [7, 11) is 9.97. The van der Waals surface area contributed by atoms with E-state index in [4.69, 9.17) is 9.72 Å². The standard InChI is InChI=1S/C25H30N6O/c1-29(2)14-15-30(3)18-10-11-22(24(16-18)32-5)28-25-26-13-12-21(27-25)20-17-31(4)23-9-7-6-8-19(20)23/h6-13,16-17H,14-15H2,1-5H3,(H,26,27,28). The number of fused-ring (bicyclic) bond motifs is 1. The number of aryl methyl sites for hydroxylation is 1. The van der Waals surface area contributed by atoms with Crippen molar-refractivity contribution >= 4 is 28.2 Å². The predicted octanol–water partition coefficient (Wildman–Crippen LogP) is 4.39. The first kappa shape index (κ1) is 21.6. The summed E-state index contributed by atoms with van der Waals surface area (Å²) in [6.45, 7) is 1.91. The van der Waals surface area contributed by atoms with Crippen molar-refractivity contribution in [3.05, 3.63) is 60.9 Å². The summed E-state index contributed by atoms with van der Waals surface area (Å²) in [6.07, 6.45) is 3.89. The van der Waals surface area contributed by atoms with Crippen LogP contribution in [0.25, 0.3) is 22.2 Å². The number of benzene rings is 2. The Morgan fingerprint density at radius 3 is 2.62 bits per heavy atom. The van der Waals surface area contributed by atoms with Gasteiger partial charge >= 0.3 is 0 Å². The second-order valence-electron chi connectivity index (χ2n) is 8.17. The van der Waals surface area contributed by atoms with Gasteiger partial charge in [-0.25, -0.2) is 9.97 Å². The highest BCUT2D eigenvalue weighted by Gasteiger charge is 2.12. The highest BCUT2D eigenvalue weighted by atomic mass is 16.5. The number of hydrogen-bond donors (Lipinski definition) is 1. The van der Waals surface area contributed by atoms with Gasteiger partial charge in [0, 0.05) is 67.8 Å². The van der Waals surface area contributed by atoms with Gasteiger partial charge in [-0.05, 0) is 38.4 Å². The van der Waals surface area contributed by atoms with Crippen LogP contribution in [0.15, 0.2) is 60.9 Å². The monoisotopic (exact) mass is 430 g/mol. The van der Waals surface area contributed by atoms with Crippen molar-refractivity contribution in [2.24, 2.45) is 7.05 Å². The number of nitrogens with zero attached hydrogens (tertiary/aromatic N) is 5. The Labute approximate surface area is 189 Å². The molecule has 1 N–H and O–H groups in total. The van der Waals surface area contributed by atoms with Crippen molar-refractivity contribution in [2.45, 2.75) is 0 Å². The normalized spacial score (nSPS) is 11.2. The van der Waals surface area contributed by atoms with Gasteiger partial charge < -0.3 is 24.4 Å². The molecule has 0 aliphatic heterocycles. The maximum atomic E-state index is 5.65. The molecule has 0 aliphatic rings. The lowest BCUT2D eigenvalue weighted by molar-refractivity contribution is 0.413. The van der Waals surface area contributed by atoms with Gasteiger partial charge in [0.1, 0.15) is 5.75 Å². The summed E-state index contributed by atoms with van der Waals surface area (Å²) in [5.74, 6) is 1.28. The minimum atomic E-state index is 0.530. The molecular weight excluding hydrogens is 400 g/mol. The second kappa shape index (κ2) is 9.28. The fourth-order valence-electron chi connectivity index (χ4n) is 3.73. The molecule has 2 heterocycles. The van der Waals surface area contributed by atoms with Crippen molar-refractivity contribution < 1.29 is 4.74 Å². The average molecular weight is 431 g/mol. The Bertz CT molecular complexity index is 1220. The number of rotatable bonds is 8. The molecule has 7 nitrogen and oxygen atoms in total. The number of hydrogen-bond acceptors (Lipinski definition) is 6. The fraction of sp³-hybridized carbons (Fsp3) is 0.280. The molecule has 32 heavy (non-hydrogen) atoms. The van der Waals surface area contributed by atoms with E-state index in [-0.39, 0.29) is 0 Å². The number of aromatic nitrogens is 3. The third-order valence-electron chi connectivity index (χ3n) is 5.58. The third kappa shape index (κ3) is 4.53. The minimum absolute atomic E-state index is 0.530. The summed E-state index contributed by atoms with van der Waals surface area (Å²) in [6, 6.07) is 16.4. The van der Waals surface area contributed by atoms with Gasteiger partial charge in [0.2, 0.25) is 5.95 Å². The number of ether oxygens (including phenoxy) is 1. The van der Waals surface area contributed by atoms with Crippen molar-refractivity contribution in [1.82, 2.24) is 19.4 Å². The first-order chi connectivity index (χ1) is 15.5. The zero-order valence-electron chi connectivity index (χ0n) is 19.3. The quantitative estimate of drug-likeness (QED) is 0.448. The molecule has 4 aromatic rings. The molecule has 0 saturated carbocycles. The molecule has 0 aliphatic carbocycles. The van der Waals surface area contributed by atoms with Gasteiger partial charge in [-0.1, -0.05) is 18.2 Å². The van der Waals surface area contributed by atoms with Gasteiger partial charge in [-0.3, -0.25) is 0 Å². The van der Waals surface area contributed by atoms with Crippen LogP contribution in [0, 0.1) is 0 Å². The lowest BCUT2D eigenvalue weighted by Gasteiger charge is -2.22. The van der Waals surface area contributed by atoms with E-state index in [0.717, 1.165) is 41.5 Å². The third-order valence-corrected chi connectivity index (χ3v) is 5.58. The molecule has 7 heteroatoms. The van der Waals surface area contributed by atoms with Gasteiger partial charge in [0.15, 0.2) is 0 Å². The van der Waals surface area contributed by atoms with Gasteiger partial charge in [-0.15, -0.1) is 0 Å². The van der Waals surface area contributed by atoms with Crippen LogP contribution < -0.4 is 15.0 Å². The molecule has 0 spiro atoms. The van der Waals surface area contributed by atoms with E-state index in [9.17, 15) is 0 Å². The number of likely N-dealkylation sites (N-methyl/N-ethyl adjacent to an activating group) is 2. The Balaban J connectivity index is 1.59. The van der Waals surface area contributed by atoms with Gasteiger partial charge in [-0.2, -0.15) is 0 Å². The predicted molar refractivity (Wildman–Crippen MR) is 132 cm³/mol. The second-order valence-corrected chi connectivity index (χ2v) is 8.17. The van der Waals surface area contributed by atoms with E-state index < -0.39 is 0 Å². The van der Waals surface area contributed by atoms with E-state index in [0.29, 0.717) is 5.95 Å². The maximum Gasteiger partial charge on any atom is 0.227 e.